The van der Waals surface area contributed by atoms with E-state index in [0.29, 0.717) is 37.5 Å². The first kappa shape index (κ1) is 42.9. The SMILES string of the molecule is CCCCCCCCCCCCCCCCOCC(COP(=O)([O-])OCC[N+](C)(C)C)OCCCCC(OCC)OCC. The van der Waals surface area contributed by atoms with Crippen molar-refractivity contribution in [3.63, 3.8) is 0 Å². The summed E-state index contributed by atoms with van der Waals surface area (Å²) in [5.74, 6) is 0. The summed E-state index contributed by atoms with van der Waals surface area (Å²) < 4.78 is 46.1. The van der Waals surface area contributed by atoms with Crippen LogP contribution in [0.15, 0.2) is 0 Å². The molecule has 260 valence electrons. The lowest BCUT2D eigenvalue weighted by atomic mass is 10.0. The van der Waals surface area contributed by atoms with Gasteiger partial charge in [-0.25, -0.2) is 0 Å². The van der Waals surface area contributed by atoms with E-state index in [9.17, 15) is 9.46 Å². The third-order valence-corrected chi connectivity index (χ3v) is 8.23. The number of ether oxygens (including phenoxy) is 4. The first-order valence-electron chi connectivity index (χ1n) is 17.5. The number of rotatable bonds is 34. The second-order valence-corrected chi connectivity index (χ2v) is 14.0. The Morgan fingerprint density at radius 3 is 1.63 bits per heavy atom. The number of phosphoric ester groups is 1. The molecule has 0 aliphatic carbocycles. The molecule has 9 nitrogen and oxygen atoms in total. The highest BCUT2D eigenvalue weighted by molar-refractivity contribution is 7.45. The van der Waals surface area contributed by atoms with Crippen LogP contribution in [0.2, 0.25) is 0 Å². The zero-order valence-corrected chi connectivity index (χ0v) is 29.9. The van der Waals surface area contributed by atoms with Gasteiger partial charge in [-0.1, -0.05) is 90.4 Å². The second-order valence-electron chi connectivity index (χ2n) is 12.6. The van der Waals surface area contributed by atoms with Gasteiger partial charge in [0.2, 0.25) is 0 Å². The Bertz CT molecular complexity index is 629. The summed E-state index contributed by atoms with van der Waals surface area (Å²) in [6, 6.07) is 0. The number of hydrogen-bond donors (Lipinski definition) is 0. The molecular formula is C33H70NO8P. The second kappa shape index (κ2) is 29.3. The number of hydrogen-bond acceptors (Lipinski definition) is 8. The molecule has 0 N–H and O–H groups in total. The van der Waals surface area contributed by atoms with Gasteiger partial charge in [0.25, 0.3) is 7.82 Å². The minimum absolute atomic E-state index is 0.0757. The Labute approximate surface area is 265 Å². The van der Waals surface area contributed by atoms with Crippen molar-refractivity contribution in [3.8, 4) is 0 Å². The zero-order chi connectivity index (χ0) is 32.1. The van der Waals surface area contributed by atoms with Gasteiger partial charge in [-0.15, -0.1) is 0 Å². The molecule has 0 spiro atoms. The summed E-state index contributed by atoms with van der Waals surface area (Å²) in [6.45, 7) is 9.33. The molecule has 0 heterocycles. The van der Waals surface area contributed by atoms with Gasteiger partial charge in [-0.3, -0.25) is 4.57 Å². The molecule has 0 aromatic heterocycles. The predicted octanol–water partition coefficient (Wildman–Crippen LogP) is 7.65. The quantitative estimate of drug-likeness (QED) is 0.0307. The molecule has 0 aromatic carbocycles. The van der Waals surface area contributed by atoms with E-state index in [1.54, 1.807) is 0 Å². The van der Waals surface area contributed by atoms with Gasteiger partial charge >= 0.3 is 0 Å². The third-order valence-electron chi connectivity index (χ3n) is 7.27. The van der Waals surface area contributed by atoms with Crippen LogP contribution in [0.3, 0.4) is 0 Å². The Balaban J connectivity index is 4.22. The van der Waals surface area contributed by atoms with E-state index in [1.807, 2.05) is 35.0 Å². The molecule has 0 fully saturated rings. The van der Waals surface area contributed by atoms with Gasteiger partial charge < -0.3 is 37.4 Å². The maximum atomic E-state index is 12.3. The average molecular weight is 640 g/mol. The largest absolute Gasteiger partial charge is 0.756 e. The van der Waals surface area contributed by atoms with Crippen molar-refractivity contribution < 1.29 is 41.9 Å². The van der Waals surface area contributed by atoms with E-state index in [0.717, 1.165) is 32.1 Å². The summed E-state index contributed by atoms with van der Waals surface area (Å²) in [6.07, 6.45) is 20.2. The van der Waals surface area contributed by atoms with Gasteiger partial charge in [0.1, 0.15) is 19.3 Å². The fraction of sp³-hybridized carbons (Fsp3) is 1.00. The van der Waals surface area contributed by atoms with Crippen LogP contribution in [0.25, 0.3) is 0 Å². The van der Waals surface area contributed by atoms with E-state index >= 15 is 0 Å². The van der Waals surface area contributed by atoms with Crippen LogP contribution in [-0.2, 0) is 32.6 Å². The smallest absolute Gasteiger partial charge is 0.268 e. The molecule has 2 atom stereocenters. The molecule has 0 saturated carbocycles. The van der Waals surface area contributed by atoms with E-state index < -0.39 is 13.9 Å². The Hall–Kier alpha value is -0.0900. The van der Waals surface area contributed by atoms with Crippen LogP contribution in [0, 0.1) is 0 Å². The molecule has 0 bridgehead atoms. The molecule has 2 unspecified atom stereocenters. The minimum Gasteiger partial charge on any atom is -0.756 e. The Morgan fingerprint density at radius 1 is 0.605 bits per heavy atom. The fourth-order valence-corrected chi connectivity index (χ4v) is 5.37. The van der Waals surface area contributed by atoms with E-state index in [-0.39, 0.29) is 26.1 Å². The maximum absolute atomic E-state index is 12.3. The van der Waals surface area contributed by atoms with Crippen LogP contribution >= 0.6 is 7.82 Å². The third kappa shape index (κ3) is 31.7. The van der Waals surface area contributed by atoms with Crippen LogP contribution in [0.5, 0.6) is 0 Å². The number of nitrogens with zero attached hydrogens (tertiary/aromatic N) is 1. The van der Waals surface area contributed by atoms with E-state index in [2.05, 4.69) is 6.92 Å². The molecule has 0 rings (SSSR count). The molecule has 10 heteroatoms. The number of quaternary nitrogens is 1. The van der Waals surface area contributed by atoms with Crippen molar-refractivity contribution >= 4 is 7.82 Å². The van der Waals surface area contributed by atoms with Crippen LogP contribution in [0.4, 0.5) is 0 Å². The molecule has 0 aromatic rings. The lowest BCUT2D eigenvalue weighted by Crippen LogP contribution is -2.37. The van der Waals surface area contributed by atoms with E-state index in [4.69, 9.17) is 28.0 Å². The molecule has 43 heavy (non-hydrogen) atoms. The van der Waals surface area contributed by atoms with Gasteiger partial charge in [0.15, 0.2) is 6.29 Å². The van der Waals surface area contributed by atoms with Gasteiger partial charge in [-0.05, 0) is 39.5 Å². The average Bonchev–Trinajstić information content (AvgIpc) is 2.94. The fourth-order valence-electron chi connectivity index (χ4n) is 4.65. The summed E-state index contributed by atoms with van der Waals surface area (Å²) in [5.41, 5.74) is 0. The van der Waals surface area contributed by atoms with Crippen LogP contribution in [-0.4, -0.2) is 90.8 Å². The van der Waals surface area contributed by atoms with Crippen molar-refractivity contribution in [2.24, 2.45) is 0 Å². The minimum atomic E-state index is -4.41. The van der Waals surface area contributed by atoms with Crippen molar-refractivity contribution in [1.29, 1.82) is 0 Å². The Kier molecular flexibility index (Phi) is 29.3. The first-order chi connectivity index (χ1) is 20.6. The molecule has 0 aliphatic heterocycles. The van der Waals surface area contributed by atoms with Gasteiger partial charge in [-0.2, -0.15) is 0 Å². The van der Waals surface area contributed by atoms with E-state index in [1.165, 1.54) is 77.0 Å². The van der Waals surface area contributed by atoms with Crippen LogP contribution < -0.4 is 4.89 Å². The van der Waals surface area contributed by atoms with Crippen LogP contribution in [0.1, 0.15) is 130 Å². The summed E-state index contributed by atoms with van der Waals surface area (Å²) in [4.78, 5) is 12.3. The highest BCUT2D eigenvalue weighted by atomic mass is 31.2. The molecular weight excluding hydrogens is 569 g/mol. The van der Waals surface area contributed by atoms with Crippen molar-refractivity contribution in [2.75, 3.05) is 73.9 Å². The molecule has 0 saturated heterocycles. The summed E-state index contributed by atoms with van der Waals surface area (Å²) in [7, 11) is 1.52. The summed E-state index contributed by atoms with van der Waals surface area (Å²) >= 11 is 0. The zero-order valence-electron chi connectivity index (χ0n) is 29.0. The highest BCUT2D eigenvalue weighted by Crippen LogP contribution is 2.38. The van der Waals surface area contributed by atoms with Gasteiger partial charge in [0.05, 0.1) is 34.4 Å². The van der Waals surface area contributed by atoms with Gasteiger partial charge in [0, 0.05) is 26.4 Å². The van der Waals surface area contributed by atoms with Crippen molar-refractivity contribution in [3.05, 3.63) is 0 Å². The normalized spacial score (nSPS) is 14.4. The number of likely N-dealkylation sites (N-methyl/N-ethyl adjacent to an activating group) is 1. The molecule has 0 amide bonds. The monoisotopic (exact) mass is 639 g/mol. The summed E-state index contributed by atoms with van der Waals surface area (Å²) in [5, 5.41) is 0. The molecule has 0 aliphatic rings. The Morgan fingerprint density at radius 2 is 1.12 bits per heavy atom. The topological polar surface area (TPSA) is 95.5 Å². The lowest BCUT2D eigenvalue weighted by molar-refractivity contribution is -0.870. The standard InChI is InChI=1S/C33H70NO8P/c1-7-10-11-12-13-14-15-16-17-18-19-20-21-23-27-37-30-32(31-42-43(35,36)41-29-26-34(4,5)6)40-28-24-22-25-33(38-8-2)39-9-3/h32-33H,7-31H2,1-6H3. The number of unbranched alkanes of at least 4 members (excludes halogenated alkanes) is 14. The maximum Gasteiger partial charge on any atom is 0.268 e. The number of phosphoric acid groups is 1. The highest BCUT2D eigenvalue weighted by Gasteiger charge is 2.18. The lowest BCUT2D eigenvalue weighted by Gasteiger charge is -2.28. The predicted molar refractivity (Wildman–Crippen MR) is 174 cm³/mol. The van der Waals surface area contributed by atoms with Crippen molar-refractivity contribution in [2.45, 2.75) is 142 Å². The first-order valence-corrected chi connectivity index (χ1v) is 18.9. The van der Waals surface area contributed by atoms with Crippen molar-refractivity contribution in [1.82, 2.24) is 0 Å². The molecule has 0 radical (unpaired) electrons.